The van der Waals surface area contributed by atoms with Crippen molar-refractivity contribution in [2.45, 2.75) is 25.9 Å². The second kappa shape index (κ2) is 8.15. The van der Waals surface area contributed by atoms with E-state index in [1.807, 2.05) is 25.1 Å². The maximum absolute atomic E-state index is 6.20. The number of nitrogens with zero attached hydrogens (tertiary/aromatic N) is 1. The average molecular weight is 266 g/mol. The van der Waals surface area contributed by atoms with E-state index in [1.54, 1.807) is 14.2 Å². The topological polar surface area (TPSA) is 47.7 Å². The Morgan fingerprint density at radius 1 is 1.26 bits per heavy atom. The second-order valence-corrected chi connectivity index (χ2v) is 4.67. The highest BCUT2D eigenvalue weighted by molar-refractivity contribution is 5.36. The zero-order chi connectivity index (χ0) is 14.3. The van der Waals surface area contributed by atoms with Crippen molar-refractivity contribution in [1.82, 2.24) is 4.90 Å². The maximum atomic E-state index is 6.20. The Balaban J connectivity index is 3.04. The number of hydrogen-bond acceptors (Lipinski definition) is 4. The third-order valence-electron chi connectivity index (χ3n) is 3.34. The number of nitrogens with two attached hydrogens (primary N) is 1. The van der Waals surface area contributed by atoms with Gasteiger partial charge >= 0.3 is 0 Å². The number of methoxy groups -OCH3 is 2. The molecular formula is C15H26N2O2. The summed E-state index contributed by atoms with van der Waals surface area (Å²) < 4.78 is 10.6. The van der Waals surface area contributed by atoms with Crippen molar-refractivity contribution in [3.8, 4) is 5.75 Å². The molecule has 0 amide bonds. The van der Waals surface area contributed by atoms with Gasteiger partial charge in [0.1, 0.15) is 5.75 Å². The zero-order valence-corrected chi connectivity index (χ0v) is 12.4. The lowest BCUT2D eigenvalue weighted by molar-refractivity contribution is 0.114. The molecule has 108 valence electrons. The van der Waals surface area contributed by atoms with Crippen LogP contribution < -0.4 is 10.5 Å². The first-order valence-electron chi connectivity index (χ1n) is 6.77. The molecule has 0 fully saturated rings. The Hall–Kier alpha value is -1.10. The first-order chi connectivity index (χ1) is 9.15. The molecule has 2 atom stereocenters. The smallest absolute Gasteiger partial charge is 0.123 e. The van der Waals surface area contributed by atoms with E-state index in [4.69, 9.17) is 15.2 Å². The fourth-order valence-electron chi connectivity index (χ4n) is 2.43. The second-order valence-electron chi connectivity index (χ2n) is 4.67. The van der Waals surface area contributed by atoms with Crippen LogP contribution in [0.15, 0.2) is 24.3 Å². The van der Waals surface area contributed by atoms with Crippen molar-refractivity contribution >= 4 is 0 Å². The quantitative estimate of drug-likeness (QED) is 0.782. The van der Waals surface area contributed by atoms with E-state index < -0.39 is 0 Å². The Labute approximate surface area is 116 Å². The van der Waals surface area contributed by atoms with Gasteiger partial charge in [-0.05, 0) is 19.5 Å². The van der Waals surface area contributed by atoms with Gasteiger partial charge in [0.05, 0.1) is 19.8 Å². The molecule has 0 aromatic heterocycles. The van der Waals surface area contributed by atoms with Crippen LogP contribution in [0.5, 0.6) is 5.75 Å². The standard InChI is InChI=1S/C15H26N2O2/c1-5-17(10-11-18-3)15(12(2)16)13-8-6-7-9-14(13)19-4/h6-9,12,15H,5,10-11,16H2,1-4H3. The van der Waals surface area contributed by atoms with Gasteiger partial charge in [0.2, 0.25) is 0 Å². The lowest BCUT2D eigenvalue weighted by Crippen LogP contribution is -2.41. The molecule has 0 spiro atoms. The molecule has 1 aromatic carbocycles. The first-order valence-corrected chi connectivity index (χ1v) is 6.77. The Kier molecular flexibility index (Phi) is 6.84. The Morgan fingerprint density at radius 3 is 2.47 bits per heavy atom. The molecular weight excluding hydrogens is 240 g/mol. The summed E-state index contributed by atoms with van der Waals surface area (Å²) in [5.41, 5.74) is 7.34. The van der Waals surface area contributed by atoms with Gasteiger partial charge < -0.3 is 15.2 Å². The van der Waals surface area contributed by atoms with Crippen molar-refractivity contribution < 1.29 is 9.47 Å². The molecule has 0 heterocycles. The van der Waals surface area contributed by atoms with Crippen LogP contribution in [-0.4, -0.2) is 44.9 Å². The molecule has 0 radical (unpaired) electrons. The minimum absolute atomic E-state index is 0.0214. The van der Waals surface area contributed by atoms with Gasteiger partial charge in [-0.1, -0.05) is 25.1 Å². The van der Waals surface area contributed by atoms with Crippen LogP contribution in [0.2, 0.25) is 0 Å². The summed E-state index contributed by atoms with van der Waals surface area (Å²) in [5.74, 6) is 0.890. The maximum Gasteiger partial charge on any atom is 0.123 e. The van der Waals surface area contributed by atoms with Crippen molar-refractivity contribution in [1.29, 1.82) is 0 Å². The summed E-state index contributed by atoms with van der Waals surface area (Å²) in [6.07, 6.45) is 0. The highest BCUT2D eigenvalue weighted by atomic mass is 16.5. The van der Waals surface area contributed by atoms with Gasteiger partial charge in [-0.15, -0.1) is 0 Å². The largest absolute Gasteiger partial charge is 0.496 e. The number of rotatable bonds is 8. The van der Waals surface area contributed by atoms with Gasteiger partial charge in [-0.25, -0.2) is 0 Å². The van der Waals surface area contributed by atoms with Gasteiger partial charge in [0.15, 0.2) is 0 Å². The molecule has 0 bridgehead atoms. The zero-order valence-electron chi connectivity index (χ0n) is 12.4. The van der Waals surface area contributed by atoms with Crippen LogP contribution >= 0.6 is 0 Å². The summed E-state index contributed by atoms with van der Waals surface area (Å²) in [6, 6.07) is 8.23. The molecule has 1 aromatic rings. The van der Waals surface area contributed by atoms with Crippen molar-refractivity contribution in [3.63, 3.8) is 0 Å². The highest BCUT2D eigenvalue weighted by Crippen LogP contribution is 2.30. The van der Waals surface area contributed by atoms with E-state index in [0.717, 1.165) is 24.4 Å². The van der Waals surface area contributed by atoms with Crippen LogP contribution in [0, 0.1) is 0 Å². The van der Waals surface area contributed by atoms with Gasteiger partial charge in [0, 0.05) is 25.3 Å². The Bertz CT molecular complexity index is 369. The summed E-state index contributed by atoms with van der Waals surface area (Å²) >= 11 is 0. The van der Waals surface area contributed by atoms with Crippen LogP contribution in [0.1, 0.15) is 25.5 Å². The van der Waals surface area contributed by atoms with E-state index in [9.17, 15) is 0 Å². The minimum atomic E-state index is 0.0214. The lowest BCUT2D eigenvalue weighted by atomic mass is 9.98. The molecule has 0 aliphatic carbocycles. The minimum Gasteiger partial charge on any atom is -0.496 e. The number of benzene rings is 1. The van der Waals surface area contributed by atoms with E-state index in [2.05, 4.69) is 17.9 Å². The monoisotopic (exact) mass is 266 g/mol. The van der Waals surface area contributed by atoms with Gasteiger partial charge in [0.25, 0.3) is 0 Å². The fourth-order valence-corrected chi connectivity index (χ4v) is 2.43. The van der Waals surface area contributed by atoms with Crippen molar-refractivity contribution in [2.24, 2.45) is 5.73 Å². The molecule has 0 saturated heterocycles. The fraction of sp³-hybridized carbons (Fsp3) is 0.600. The van der Waals surface area contributed by atoms with Crippen molar-refractivity contribution in [3.05, 3.63) is 29.8 Å². The summed E-state index contributed by atoms with van der Waals surface area (Å²) in [4.78, 5) is 2.33. The number of hydrogen-bond donors (Lipinski definition) is 1. The SMILES string of the molecule is CCN(CCOC)C(c1ccccc1OC)C(C)N. The molecule has 0 aliphatic rings. The van der Waals surface area contributed by atoms with E-state index >= 15 is 0 Å². The molecule has 4 nitrogen and oxygen atoms in total. The summed E-state index contributed by atoms with van der Waals surface area (Å²) in [5, 5.41) is 0. The normalized spacial score (nSPS) is 14.4. The molecule has 1 rings (SSSR count). The van der Waals surface area contributed by atoms with E-state index in [1.165, 1.54) is 0 Å². The lowest BCUT2D eigenvalue weighted by Gasteiger charge is -2.34. The van der Waals surface area contributed by atoms with Crippen LogP contribution in [0.4, 0.5) is 0 Å². The van der Waals surface area contributed by atoms with Crippen LogP contribution in [-0.2, 0) is 4.74 Å². The van der Waals surface area contributed by atoms with Gasteiger partial charge in [-0.3, -0.25) is 4.90 Å². The predicted octanol–water partition coefficient (Wildman–Crippen LogP) is 2.05. The highest BCUT2D eigenvalue weighted by Gasteiger charge is 2.25. The number of para-hydroxylation sites is 1. The predicted molar refractivity (Wildman–Crippen MR) is 78.5 cm³/mol. The number of ether oxygens (including phenoxy) is 2. The van der Waals surface area contributed by atoms with Crippen LogP contribution in [0.25, 0.3) is 0 Å². The van der Waals surface area contributed by atoms with E-state index in [0.29, 0.717) is 6.61 Å². The third-order valence-corrected chi connectivity index (χ3v) is 3.34. The Morgan fingerprint density at radius 2 is 1.95 bits per heavy atom. The van der Waals surface area contributed by atoms with Crippen molar-refractivity contribution in [2.75, 3.05) is 33.9 Å². The summed E-state index contributed by atoms with van der Waals surface area (Å²) in [6.45, 7) is 6.66. The van der Waals surface area contributed by atoms with Gasteiger partial charge in [-0.2, -0.15) is 0 Å². The van der Waals surface area contributed by atoms with E-state index in [-0.39, 0.29) is 12.1 Å². The van der Waals surface area contributed by atoms with Crippen LogP contribution in [0.3, 0.4) is 0 Å². The first kappa shape index (κ1) is 16.0. The average Bonchev–Trinajstić information content (AvgIpc) is 2.43. The molecule has 0 saturated carbocycles. The molecule has 0 aliphatic heterocycles. The molecule has 2 N–H and O–H groups in total. The molecule has 2 unspecified atom stereocenters. The molecule has 4 heteroatoms. The molecule has 19 heavy (non-hydrogen) atoms. The summed E-state index contributed by atoms with van der Waals surface area (Å²) in [7, 11) is 3.42. The third kappa shape index (κ3) is 4.20. The number of likely N-dealkylation sites (N-methyl/N-ethyl adjacent to an activating group) is 1.